The van der Waals surface area contributed by atoms with Gasteiger partial charge in [-0.3, -0.25) is 9.69 Å². The molecule has 1 aromatic heterocycles. The fraction of sp³-hybridized carbons (Fsp3) is 0.619. The second kappa shape index (κ2) is 10.3. The molecule has 0 radical (unpaired) electrons. The summed E-state index contributed by atoms with van der Waals surface area (Å²) in [5, 5.41) is 0. The molecule has 1 rings (SSSR count). The van der Waals surface area contributed by atoms with E-state index in [-0.39, 0.29) is 25.4 Å². The Hall–Kier alpha value is -2.84. The van der Waals surface area contributed by atoms with Gasteiger partial charge >= 0.3 is 18.0 Å². The summed E-state index contributed by atoms with van der Waals surface area (Å²) in [5.41, 5.74) is -1.01. The normalized spacial score (nSPS) is 11.6. The molecule has 0 aliphatic heterocycles. The zero-order valence-electron chi connectivity index (χ0n) is 19.0. The van der Waals surface area contributed by atoms with Gasteiger partial charge in [0, 0.05) is 6.54 Å². The third-order valence-corrected chi connectivity index (χ3v) is 3.47. The Kier molecular flexibility index (Phi) is 8.62. The van der Waals surface area contributed by atoms with E-state index in [4.69, 9.17) is 14.2 Å². The molecule has 0 N–H and O–H groups in total. The zero-order chi connectivity index (χ0) is 23.1. The quantitative estimate of drug-likeness (QED) is 0.359. The lowest BCUT2D eigenvalue weighted by Crippen LogP contribution is -2.42. The van der Waals surface area contributed by atoms with Crippen molar-refractivity contribution in [3.05, 3.63) is 30.4 Å². The molecular formula is C21H33N3O6. The Bertz CT molecular complexity index is 771. The maximum absolute atomic E-state index is 12.8. The van der Waals surface area contributed by atoms with Crippen LogP contribution in [0.4, 0.5) is 4.79 Å². The van der Waals surface area contributed by atoms with E-state index >= 15 is 0 Å². The number of carbonyl (C=O) groups is 3. The van der Waals surface area contributed by atoms with Gasteiger partial charge in [-0.2, -0.15) is 0 Å². The van der Waals surface area contributed by atoms with Crippen LogP contribution in [0.15, 0.2) is 19.0 Å². The molecule has 1 aromatic rings. The molecule has 168 valence electrons. The SMILES string of the molecule is C=CCn1cnc(C(=O)OCC)c1CN(CC(=O)OC(C)(C)C)C(=O)OC(C)(C)C. The Morgan fingerprint density at radius 3 is 2.23 bits per heavy atom. The van der Waals surface area contributed by atoms with Crippen molar-refractivity contribution < 1.29 is 28.6 Å². The first-order chi connectivity index (χ1) is 13.8. The van der Waals surface area contributed by atoms with E-state index in [0.717, 1.165) is 0 Å². The Morgan fingerprint density at radius 1 is 1.13 bits per heavy atom. The predicted molar refractivity (Wildman–Crippen MR) is 111 cm³/mol. The Labute approximate surface area is 178 Å². The molecule has 0 aromatic carbocycles. The first-order valence-corrected chi connectivity index (χ1v) is 9.79. The topological polar surface area (TPSA) is 100.0 Å². The highest BCUT2D eigenvalue weighted by Gasteiger charge is 2.29. The molecule has 0 saturated carbocycles. The van der Waals surface area contributed by atoms with Crippen molar-refractivity contribution in [2.24, 2.45) is 0 Å². The number of imidazole rings is 1. The summed E-state index contributed by atoms with van der Waals surface area (Å²) < 4.78 is 17.5. The van der Waals surface area contributed by atoms with Crippen molar-refractivity contribution in [3.63, 3.8) is 0 Å². The Balaban J connectivity index is 3.26. The van der Waals surface area contributed by atoms with Crippen molar-refractivity contribution >= 4 is 18.0 Å². The molecule has 1 amide bonds. The van der Waals surface area contributed by atoms with Gasteiger partial charge in [-0.1, -0.05) is 6.08 Å². The Morgan fingerprint density at radius 2 is 1.73 bits per heavy atom. The van der Waals surface area contributed by atoms with Gasteiger partial charge in [-0.15, -0.1) is 6.58 Å². The summed E-state index contributed by atoms with van der Waals surface area (Å²) >= 11 is 0. The predicted octanol–water partition coefficient (Wildman–Crippen LogP) is 3.32. The number of nitrogens with zero attached hydrogens (tertiary/aromatic N) is 3. The van der Waals surface area contributed by atoms with E-state index in [1.165, 1.54) is 11.2 Å². The van der Waals surface area contributed by atoms with Gasteiger partial charge in [0.15, 0.2) is 5.69 Å². The van der Waals surface area contributed by atoms with Crippen molar-refractivity contribution in [3.8, 4) is 0 Å². The maximum atomic E-state index is 12.8. The van der Waals surface area contributed by atoms with Crippen LogP contribution in [0.3, 0.4) is 0 Å². The van der Waals surface area contributed by atoms with Gasteiger partial charge in [-0.25, -0.2) is 14.6 Å². The summed E-state index contributed by atoms with van der Waals surface area (Å²) in [6, 6.07) is 0. The average molecular weight is 424 g/mol. The molecule has 9 heteroatoms. The number of aromatic nitrogens is 2. The van der Waals surface area contributed by atoms with Crippen LogP contribution < -0.4 is 0 Å². The van der Waals surface area contributed by atoms with E-state index in [1.54, 1.807) is 59.1 Å². The van der Waals surface area contributed by atoms with Gasteiger partial charge in [0.05, 0.1) is 25.2 Å². The summed E-state index contributed by atoms with van der Waals surface area (Å²) in [4.78, 5) is 42.8. The lowest BCUT2D eigenvalue weighted by molar-refractivity contribution is -0.156. The number of allylic oxidation sites excluding steroid dienone is 1. The fourth-order valence-corrected chi connectivity index (χ4v) is 2.46. The van der Waals surface area contributed by atoms with Gasteiger partial charge < -0.3 is 18.8 Å². The first-order valence-electron chi connectivity index (χ1n) is 9.79. The number of amides is 1. The second-order valence-corrected chi connectivity index (χ2v) is 8.62. The number of esters is 2. The highest BCUT2D eigenvalue weighted by Crippen LogP contribution is 2.17. The number of hydrogen-bond donors (Lipinski definition) is 0. The lowest BCUT2D eigenvalue weighted by Gasteiger charge is -2.28. The summed E-state index contributed by atoms with van der Waals surface area (Å²) in [5.74, 6) is -1.21. The van der Waals surface area contributed by atoms with E-state index in [9.17, 15) is 14.4 Å². The maximum Gasteiger partial charge on any atom is 0.411 e. The molecule has 0 atom stereocenters. The highest BCUT2D eigenvalue weighted by atomic mass is 16.6. The molecule has 0 spiro atoms. The van der Waals surface area contributed by atoms with Crippen LogP contribution in [-0.4, -0.2) is 56.8 Å². The zero-order valence-corrected chi connectivity index (χ0v) is 19.0. The summed E-state index contributed by atoms with van der Waals surface area (Å²) in [6.07, 6.45) is 2.38. The lowest BCUT2D eigenvalue weighted by atomic mass is 10.2. The molecule has 0 bridgehead atoms. The van der Waals surface area contributed by atoms with Crippen LogP contribution in [-0.2, 0) is 32.1 Å². The summed E-state index contributed by atoms with van der Waals surface area (Å²) in [6.45, 7) is 15.9. The molecule has 9 nitrogen and oxygen atoms in total. The molecule has 0 fully saturated rings. The minimum absolute atomic E-state index is 0.0662. The van der Waals surface area contributed by atoms with Crippen molar-refractivity contribution in [2.75, 3.05) is 13.2 Å². The van der Waals surface area contributed by atoms with Gasteiger partial charge in [0.2, 0.25) is 0 Å². The van der Waals surface area contributed by atoms with Crippen LogP contribution in [0.2, 0.25) is 0 Å². The second-order valence-electron chi connectivity index (χ2n) is 8.62. The fourth-order valence-electron chi connectivity index (χ4n) is 2.46. The first kappa shape index (κ1) is 25.2. The molecule has 0 saturated heterocycles. The molecular weight excluding hydrogens is 390 g/mol. The smallest absolute Gasteiger partial charge is 0.411 e. The van der Waals surface area contributed by atoms with E-state index in [1.807, 2.05) is 0 Å². The van der Waals surface area contributed by atoms with Crippen LogP contribution >= 0.6 is 0 Å². The minimum atomic E-state index is -0.769. The van der Waals surface area contributed by atoms with Crippen molar-refractivity contribution in [1.29, 1.82) is 0 Å². The van der Waals surface area contributed by atoms with Crippen molar-refractivity contribution in [2.45, 2.75) is 72.8 Å². The van der Waals surface area contributed by atoms with Gasteiger partial charge in [-0.05, 0) is 48.5 Å². The van der Waals surface area contributed by atoms with Crippen molar-refractivity contribution in [1.82, 2.24) is 14.5 Å². The number of rotatable bonds is 8. The molecule has 0 aliphatic rings. The highest BCUT2D eigenvalue weighted by molar-refractivity contribution is 5.88. The third kappa shape index (κ3) is 8.26. The monoisotopic (exact) mass is 423 g/mol. The standard InChI is InChI=1S/C21H33N3O6/c1-9-11-23-14-22-17(18(26)28-10-2)15(23)12-24(19(27)30-21(6,7)8)13-16(25)29-20(3,4)5/h9,14H,1,10-13H2,2-8H3. The third-order valence-electron chi connectivity index (χ3n) is 3.47. The van der Waals surface area contributed by atoms with E-state index in [2.05, 4.69) is 11.6 Å². The van der Waals surface area contributed by atoms with Crippen LogP contribution in [0, 0.1) is 0 Å². The molecule has 0 aliphatic carbocycles. The number of ether oxygens (including phenoxy) is 3. The number of carbonyl (C=O) groups excluding carboxylic acids is 3. The molecule has 0 unspecified atom stereocenters. The van der Waals surface area contributed by atoms with Gasteiger partial charge in [0.25, 0.3) is 0 Å². The van der Waals surface area contributed by atoms with E-state index < -0.39 is 29.2 Å². The average Bonchev–Trinajstić information content (AvgIpc) is 2.94. The largest absolute Gasteiger partial charge is 0.461 e. The molecule has 30 heavy (non-hydrogen) atoms. The summed E-state index contributed by atoms with van der Waals surface area (Å²) in [7, 11) is 0. The van der Waals surface area contributed by atoms with Crippen LogP contribution in [0.5, 0.6) is 0 Å². The molecule has 1 heterocycles. The number of hydrogen-bond acceptors (Lipinski definition) is 7. The van der Waals surface area contributed by atoms with Crippen LogP contribution in [0.1, 0.15) is 64.6 Å². The van der Waals surface area contributed by atoms with Crippen LogP contribution in [0.25, 0.3) is 0 Å². The minimum Gasteiger partial charge on any atom is -0.461 e. The van der Waals surface area contributed by atoms with E-state index in [0.29, 0.717) is 12.2 Å². The van der Waals surface area contributed by atoms with Gasteiger partial charge in [0.1, 0.15) is 17.7 Å².